The fourth-order valence-electron chi connectivity index (χ4n) is 1.25. The van der Waals surface area contributed by atoms with Gasteiger partial charge in [-0.05, 0) is 5.56 Å². The highest BCUT2D eigenvalue weighted by molar-refractivity contribution is 5.14. The second kappa shape index (κ2) is 4.02. The van der Waals surface area contributed by atoms with Crippen molar-refractivity contribution in [3.05, 3.63) is 48.0 Å². The number of rotatable bonds is 3. The molecule has 2 rings (SSSR count). The minimum Gasteiger partial charge on any atom is -0.388 e. The zero-order chi connectivity index (χ0) is 9.80. The summed E-state index contributed by atoms with van der Waals surface area (Å²) in [5.41, 5.74) is 1.17. The van der Waals surface area contributed by atoms with Crippen LogP contribution in [0.5, 0.6) is 0 Å². The molecule has 2 aromatic rings. The van der Waals surface area contributed by atoms with Gasteiger partial charge in [-0.25, -0.2) is 9.67 Å². The van der Waals surface area contributed by atoms with Crippen molar-refractivity contribution in [3.63, 3.8) is 0 Å². The average Bonchev–Trinajstić information content (AvgIpc) is 2.67. The first-order valence-electron chi connectivity index (χ1n) is 4.41. The van der Waals surface area contributed by atoms with E-state index in [-0.39, 0.29) is 6.61 Å². The maximum absolute atomic E-state index is 8.78. The number of aliphatic hydroxyl groups excluding tert-OH is 1. The molecule has 72 valence electrons. The van der Waals surface area contributed by atoms with Gasteiger partial charge in [-0.2, -0.15) is 5.10 Å². The van der Waals surface area contributed by atoms with Crippen LogP contribution in [0.4, 0.5) is 0 Å². The smallest absolute Gasteiger partial charge is 0.175 e. The van der Waals surface area contributed by atoms with E-state index in [1.165, 1.54) is 5.56 Å². The minimum absolute atomic E-state index is 0.109. The first-order chi connectivity index (χ1) is 6.88. The SMILES string of the molecule is OCc1ncn(Cc2ccccc2)n1. The fraction of sp³-hybridized carbons (Fsp3) is 0.200. The normalized spacial score (nSPS) is 10.4. The van der Waals surface area contributed by atoms with E-state index in [9.17, 15) is 0 Å². The lowest BCUT2D eigenvalue weighted by molar-refractivity contribution is 0.271. The minimum atomic E-state index is -0.109. The molecule has 0 fully saturated rings. The molecule has 0 saturated carbocycles. The van der Waals surface area contributed by atoms with Crippen LogP contribution in [0, 0.1) is 0 Å². The second-order valence-corrected chi connectivity index (χ2v) is 3.00. The Hall–Kier alpha value is -1.68. The Morgan fingerprint density at radius 1 is 1.21 bits per heavy atom. The Morgan fingerprint density at radius 3 is 2.64 bits per heavy atom. The standard InChI is InChI=1S/C10H11N3O/c14-7-10-11-8-13(12-10)6-9-4-2-1-3-5-9/h1-5,8,14H,6-7H2. The van der Waals surface area contributed by atoms with Gasteiger partial charge in [-0.15, -0.1) is 0 Å². The van der Waals surface area contributed by atoms with Gasteiger partial charge in [0.2, 0.25) is 0 Å². The van der Waals surface area contributed by atoms with E-state index in [1.54, 1.807) is 11.0 Å². The van der Waals surface area contributed by atoms with Crippen molar-refractivity contribution in [1.29, 1.82) is 0 Å². The van der Waals surface area contributed by atoms with Crippen molar-refractivity contribution >= 4 is 0 Å². The number of benzene rings is 1. The van der Waals surface area contributed by atoms with Gasteiger partial charge in [0.1, 0.15) is 12.9 Å². The van der Waals surface area contributed by atoms with Gasteiger partial charge in [-0.3, -0.25) is 0 Å². The summed E-state index contributed by atoms with van der Waals surface area (Å²) in [6.45, 7) is 0.579. The Balaban J connectivity index is 2.11. The van der Waals surface area contributed by atoms with Gasteiger partial charge in [-0.1, -0.05) is 30.3 Å². The maximum atomic E-state index is 8.78. The zero-order valence-electron chi connectivity index (χ0n) is 7.67. The van der Waals surface area contributed by atoms with Crippen LogP contribution >= 0.6 is 0 Å². The lowest BCUT2D eigenvalue weighted by atomic mass is 10.2. The van der Waals surface area contributed by atoms with Crippen molar-refractivity contribution in [2.45, 2.75) is 13.2 Å². The summed E-state index contributed by atoms with van der Waals surface area (Å²) in [5.74, 6) is 0.459. The molecule has 1 aromatic carbocycles. The van der Waals surface area contributed by atoms with Crippen LogP contribution in [0.15, 0.2) is 36.7 Å². The molecule has 1 N–H and O–H groups in total. The number of hydrogen-bond donors (Lipinski definition) is 1. The topological polar surface area (TPSA) is 50.9 Å². The Morgan fingerprint density at radius 2 is 2.00 bits per heavy atom. The largest absolute Gasteiger partial charge is 0.388 e. The van der Waals surface area contributed by atoms with Gasteiger partial charge >= 0.3 is 0 Å². The molecular weight excluding hydrogens is 178 g/mol. The second-order valence-electron chi connectivity index (χ2n) is 3.00. The molecule has 0 atom stereocenters. The molecule has 1 aromatic heterocycles. The molecular formula is C10H11N3O. The third kappa shape index (κ3) is 1.97. The van der Waals surface area contributed by atoms with Crippen LogP contribution in [-0.4, -0.2) is 19.9 Å². The van der Waals surface area contributed by atoms with Crippen molar-refractivity contribution in [2.75, 3.05) is 0 Å². The number of nitrogens with zero attached hydrogens (tertiary/aromatic N) is 3. The monoisotopic (exact) mass is 189 g/mol. The van der Waals surface area contributed by atoms with E-state index in [0.29, 0.717) is 12.4 Å². The summed E-state index contributed by atoms with van der Waals surface area (Å²) >= 11 is 0. The average molecular weight is 189 g/mol. The van der Waals surface area contributed by atoms with E-state index in [4.69, 9.17) is 5.11 Å². The Labute approximate surface area is 81.8 Å². The summed E-state index contributed by atoms with van der Waals surface area (Å²) in [7, 11) is 0. The molecule has 0 aliphatic carbocycles. The molecule has 0 unspecified atom stereocenters. The van der Waals surface area contributed by atoms with Crippen molar-refractivity contribution in [1.82, 2.24) is 14.8 Å². The predicted molar refractivity (Wildman–Crippen MR) is 51.5 cm³/mol. The Kier molecular flexibility index (Phi) is 2.55. The first kappa shape index (κ1) is 8.90. The summed E-state index contributed by atoms with van der Waals surface area (Å²) in [6.07, 6.45) is 1.62. The quantitative estimate of drug-likeness (QED) is 0.777. The molecule has 1 heterocycles. The van der Waals surface area contributed by atoms with Crippen molar-refractivity contribution in [3.8, 4) is 0 Å². The van der Waals surface area contributed by atoms with E-state index in [2.05, 4.69) is 10.1 Å². The molecule has 14 heavy (non-hydrogen) atoms. The third-order valence-corrected chi connectivity index (χ3v) is 1.91. The Bertz CT molecular complexity index is 397. The zero-order valence-corrected chi connectivity index (χ0v) is 7.67. The van der Waals surface area contributed by atoms with Crippen LogP contribution in [-0.2, 0) is 13.2 Å². The maximum Gasteiger partial charge on any atom is 0.175 e. The van der Waals surface area contributed by atoms with Gasteiger partial charge < -0.3 is 5.11 Å². The first-order valence-corrected chi connectivity index (χ1v) is 4.41. The molecule has 0 spiro atoms. The summed E-state index contributed by atoms with van der Waals surface area (Å²) < 4.78 is 1.71. The molecule has 0 amide bonds. The van der Waals surface area contributed by atoms with Gasteiger partial charge in [0.15, 0.2) is 5.82 Å². The number of aromatic nitrogens is 3. The predicted octanol–water partition coefficient (Wildman–Crippen LogP) is 0.819. The number of aliphatic hydroxyl groups is 1. The molecule has 0 aliphatic rings. The molecule has 0 radical (unpaired) electrons. The van der Waals surface area contributed by atoms with Crippen LogP contribution in [0.2, 0.25) is 0 Å². The van der Waals surface area contributed by atoms with Gasteiger partial charge in [0.25, 0.3) is 0 Å². The van der Waals surface area contributed by atoms with Crippen LogP contribution in [0.25, 0.3) is 0 Å². The molecule has 0 aliphatic heterocycles. The van der Waals surface area contributed by atoms with Gasteiger partial charge in [0, 0.05) is 0 Å². The lowest BCUT2D eigenvalue weighted by Gasteiger charge is -1.99. The van der Waals surface area contributed by atoms with E-state index in [1.807, 2.05) is 30.3 Å². The highest BCUT2D eigenvalue weighted by Gasteiger charge is 1.98. The van der Waals surface area contributed by atoms with Crippen molar-refractivity contribution in [2.24, 2.45) is 0 Å². The molecule has 0 bridgehead atoms. The molecule has 4 heteroatoms. The highest BCUT2D eigenvalue weighted by atomic mass is 16.3. The van der Waals surface area contributed by atoms with E-state index >= 15 is 0 Å². The van der Waals surface area contributed by atoms with Gasteiger partial charge in [0.05, 0.1) is 6.54 Å². The lowest BCUT2D eigenvalue weighted by Crippen LogP contribution is -2.00. The van der Waals surface area contributed by atoms with Crippen LogP contribution in [0.3, 0.4) is 0 Å². The summed E-state index contributed by atoms with van der Waals surface area (Å²) in [5, 5.41) is 12.9. The highest BCUT2D eigenvalue weighted by Crippen LogP contribution is 2.01. The number of hydrogen-bond acceptors (Lipinski definition) is 3. The summed E-state index contributed by atoms with van der Waals surface area (Å²) in [4.78, 5) is 3.93. The van der Waals surface area contributed by atoms with E-state index < -0.39 is 0 Å². The fourth-order valence-corrected chi connectivity index (χ4v) is 1.25. The van der Waals surface area contributed by atoms with Crippen molar-refractivity contribution < 1.29 is 5.11 Å². The molecule has 4 nitrogen and oxygen atoms in total. The van der Waals surface area contributed by atoms with Crippen LogP contribution in [0.1, 0.15) is 11.4 Å². The summed E-state index contributed by atoms with van der Waals surface area (Å²) in [6, 6.07) is 10.0. The van der Waals surface area contributed by atoms with E-state index in [0.717, 1.165) is 0 Å². The van der Waals surface area contributed by atoms with Crippen LogP contribution < -0.4 is 0 Å². The molecule has 0 saturated heterocycles. The third-order valence-electron chi connectivity index (χ3n) is 1.91.